The zero-order chi connectivity index (χ0) is 19.5. The van der Waals surface area contributed by atoms with Gasteiger partial charge in [-0.05, 0) is 43.2 Å². The van der Waals surface area contributed by atoms with Gasteiger partial charge in [0.1, 0.15) is 0 Å². The van der Waals surface area contributed by atoms with Crippen LogP contribution in [0.1, 0.15) is 27.3 Å². The highest BCUT2D eigenvalue weighted by molar-refractivity contribution is 5.96. The maximum atomic E-state index is 12.9. The molecule has 0 N–H and O–H groups in total. The number of aromatic nitrogens is 2. The average Bonchev–Trinajstić information content (AvgIpc) is 3.19. The van der Waals surface area contributed by atoms with Crippen LogP contribution in [0, 0.1) is 13.8 Å². The highest BCUT2D eigenvalue weighted by atomic mass is 16.5. The molecule has 1 aromatic heterocycles. The summed E-state index contributed by atoms with van der Waals surface area (Å²) in [5, 5.41) is 4.10. The van der Waals surface area contributed by atoms with Gasteiger partial charge in [0, 0.05) is 37.3 Å². The van der Waals surface area contributed by atoms with Gasteiger partial charge >= 0.3 is 0 Å². The van der Waals surface area contributed by atoms with E-state index in [1.54, 1.807) is 0 Å². The van der Waals surface area contributed by atoms with E-state index in [1.807, 2.05) is 67.3 Å². The van der Waals surface area contributed by atoms with E-state index in [9.17, 15) is 4.79 Å². The summed E-state index contributed by atoms with van der Waals surface area (Å²) in [6.45, 7) is 7.68. The summed E-state index contributed by atoms with van der Waals surface area (Å²) in [5.41, 5.74) is 3.94. The topological polar surface area (TPSA) is 62.5 Å². The Morgan fingerprint density at radius 3 is 2.50 bits per heavy atom. The van der Waals surface area contributed by atoms with Crippen molar-refractivity contribution in [3.05, 3.63) is 71.0 Å². The van der Waals surface area contributed by atoms with Gasteiger partial charge in [-0.3, -0.25) is 9.69 Å². The molecule has 6 heteroatoms. The number of carbonyl (C=O) groups is 1. The number of carbonyl (C=O) groups excluding carboxylic acids is 1. The lowest BCUT2D eigenvalue weighted by Crippen LogP contribution is -2.48. The van der Waals surface area contributed by atoms with Crippen molar-refractivity contribution >= 4 is 5.91 Å². The van der Waals surface area contributed by atoms with E-state index in [1.165, 1.54) is 0 Å². The summed E-state index contributed by atoms with van der Waals surface area (Å²) >= 11 is 0. The molecule has 28 heavy (non-hydrogen) atoms. The number of rotatable bonds is 4. The highest BCUT2D eigenvalue weighted by Gasteiger charge is 2.24. The molecular weight excluding hydrogens is 352 g/mol. The summed E-state index contributed by atoms with van der Waals surface area (Å²) in [4.78, 5) is 21.6. The lowest BCUT2D eigenvalue weighted by atomic mass is 10.0. The highest BCUT2D eigenvalue weighted by Crippen LogP contribution is 2.18. The number of hydrogen-bond donors (Lipinski definition) is 0. The van der Waals surface area contributed by atoms with Gasteiger partial charge in [-0.25, -0.2) is 0 Å². The Kier molecular flexibility index (Phi) is 5.21. The van der Waals surface area contributed by atoms with Crippen LogP contribution in [-0.4, -0.2) is 52.0 Å². The van der Waals surface area contributed by atoms with E-state index >= 15 is 0 Å². The summed E-state index contributed by atoms with van der Waals surface area (Å²) in [6.07, 6.45) is 0. The third-order valence-electron chi connectivity index (χ3n) is 5.35. The predicted molar refractivity (Wildman–Crippen MR) is 107 cm³/mol. The van der Waals surface area contributed by atoms with E-state index in [-0.39, 0.29) is 5.91 Å². The van der Waals surface area contributed by atoms with Gasteiger partial charge in [0.05, 0.1) is 6.54 Å². The largest absolute Gasteiger partial charge is 0.336 e. The van der Waals surface area contributed by atoms with Crippen molar-refractivity contribution in [1.82, 2.24) is 19.9 Å². The molecule has 0 bridgehead atoms. The Bertz CT molecular complexity index is 960. The molecule has 1 aliphatic heterocycles. The van der Waals surface area contributed by atoms with Gasteiger partial charge in [-0.2, -0.15) is 4.98 Å². The van der Waals surface area contributed by atoms with E-state index in [0.717, 1.165) is 35.3 Å². The molecule has 6 nitrogen and oxygen atoms in total. The van der Waals surface area contributed by atoms with E-state index in [2.05, 4.69) is 15.0 Å². The van der Waals surface area contributed by atoms with Crippen molar-refractivity contribution in [2.24, 2.45) is 0 Å². The Hall–Kier alpha value is -2.99. The number of hydrogen-bond acceptors (Lipinski definition) is 5. The van der Waals surface area contributed by atoms with Crippen molar-refractivity contribution < 1.29 is 9.32 Å². The summed E-state index contributed by atoms with van der Waals surface area (Å²) in [5.74, 6) is 1.33. The van der Waals surface area contributed by atoms with Crippen molar-refractivity contribution in [3.63, 3.8) is 0 Å². The van der Waals surface area contributed by atoms with Gasteiger partial charge < -0.3 is 9.42 Å². The second kappa shape index (κ2) is 7.94. The van der Waals surface area contributed by atoms with E-state index in [0.29, 0.717) is 31.3 Å². The summed E-state index contributed by atoms with van der Waals surface area (Å²) in [7, 11) is 0. The second-order valence-corrected chi connectivity index (χ2v) is 7.20. The molecule has 1 amide bonds. The Balaban J connectivity index is 1.35. The first-order valence-corrected chi connectivity index (χ1v) is 9.57. The maximum absolute atomic E-state index is 12.9. The minimum Gasteiger partial charge on any atom is -0.336 e. The van der Waals surface area contributed by atoms with Crippen LogP contribution in [0.25, 0.3) is 11.5 Å². The Morgan fingerprint density at radius 2 is 1.75 bits per heavy atom. The normalized spacial score (nSPS) is 15.0. The lowest BCUT2D eigenvalue weighted by molar-refractivity contribution is 0.0623. The van der Waals surface area contributed by atoms with Crippen LogP contribution in [0.3, 0.4) is 0 Å². The van der Waals surface area contributed by atoms with Crippen LogP contribution in [0.4, 0.5) is 0 Å². The fraction of sp³-hybridized carbons (Fsp3) is 0.318. The van der Waals surface area contributed by atoms with Gasteiger partial charge in [0.15, 0.2) is 5.82 Å². The van der Waals surface area contributed by atoms with Crippen LogP contribution in [-0.2, 0) is 6.54 Å². The van der Waals surface area contributed by atoms with Crippen LogP contribution in [0.2, 0.25) is 0 Å². The molecule has 2 aromatic carbocycles. The van der Waals surface area contributed by atoms with Crippen molar-refractivity contribution in [2.75, 3.05) is 26.2 Å². The monoisotopic (exact) mass is 376 g/mol. The molecule has 0 unspecified atom stereocenters. The summed E-state index contributed by atoms with van der Waals surface area (Å²) in [6, 6.07) is 15.7. The fourth-order valence-corrected chi connectivity index (χ4v) is 3.48. The number of piperazine rings is 1. The molecule has 1 fully saturated rings. The fourth-order valence-electron chi connectivity index (χ4n) is 3.48. The van der Waals surface area contributed by atoms with Crippen LogP contribution >= 0.6 is 0 Å². The molecule has 0 radical (unpaired) electrons. The minimum atomic E-state index is 0.117. The van der Waals surface area contributed by atoms with Gasteiger partial charge in [0.25, 0.3) is 11.8 Å². The minimum absolute atomic E-state index is 0.117. The van der Waals surface area contributed by atoms with Crippen LogP contribution in [0.5, 0.6) is 0 Å². The second-order valence-electron chi connectivity index (χ2n) is 7.20. The molecule has 1 aliphatic rings. The molecule has 4 rings (SSSR count). The predicted octanol–water partition coefficient (Wildman–Crippen LogP) is 3.31. The third kappa shape index (κ3) is 3.82. The Labute approximate surface area is 164 Å². The van der Waals surface area contributed by atoms with Gasteiger partial charge in [-0.15, -0.1) is 0 Å². The molecule has 2 heterocycles. The number of benzene rings is 2. The molecule has 3 aromatic rings. The number of aryl methyl sites for hydroxylation is 1. The smallest absolute Gasteiger partial charge is 0.257 e. The molecule has 0 aliphatic carbocycles. The first-order chi connectivity index (χ1) is 13.6. The van der Waals surface area contributed by atoms with Crippen molar-refractivity contribution in [3.8, 4) is 11.5 Å². The molecule has 144 valence electrons. The Morgan fingerprint density at radius 1 is 1.00 bits per heavy atom. The van der Waals surface area contributed by atoms with E-state index < -0.39 is 0 Å². The zero-order valence-electron chi connectivity index (χ0n) is 16.3. The lowest BCUT2D eigenvalue weighted by Gasteiger charge is -2.34. The molecule has 0 spiro atoms. The quantitative estimate of drug-likeness (QED) is 0.699. The number of nitrogens with zero attached hydrogens (tertiary/aromatic N) is 4. The van der Waals surface area contributed by atoms with Crippen molar-refractivity contribution in [2.45, 2.75) is 20.4 Å². The molecule has 0 atom stereocenters. The SMILES string of the molecule is Cc1cccc(C(=O)N2CCN(Cc3noc(-c4ccccc4)n3)CC2)c1C. The standard InChI is InChI=1S/C22H24N4O2/c1-16-7-6-10-19(17(16)2)22(27)26-13-11-25(12-14-26)15-20-23-21(28-24-20)18-8-4-3-5-9-18/h3-10H,11-15H2,1-2H3. The number of amides is 1. The third-order valence-corrected chi connectivity index (χ3v) is 5.35. The van der Waals surface area contributed by atoms with E-state index in [4.69, 9.17) is 4.52 Å². The maximum Gasteiger partial charge on any atom is 0.257 e. The summed E-state index contributed by atoms with van der Waals surface area (Å²) < 4.78 is 5.38. The first-order valence-electron chi connectivity index (χ1n) is 9.57. The molecule has 0 saturated carbocycles. The van der Waals surface area contributed by atoms with Crippen LogP contribution < -0.4 is 0 Å². The first kappa shape index (κ1) is 18.4. The van der Waals surface area contributed by atoms with Crippen molar-refractivity contribution in [1.29, 1.82) is 0 Å². The zero-order valence-corrected chi connectivity index (χ0v) is 16.3. The van der Waals surface area contributed by atoms with Gasteiger partial charge in [0.2, 0.25) is 0 Å². The van der Waals surface area contributed by atoms with Crippen LogP contribution in [0.15, 0.2) is 53.1 Å². The molecular formula is C22H24N4O2. The molecule has 1 saturated heterocycles. The van der Waals surface area contributed by atoms with Gasteiger partial charge in [-0.1, -0.05) is 35.5 Å². The average molecular weight is 376 g/mol.